The minimum atomic E-state index is -0.498. The molecule has 1 aliphatic heterocycles. The number of para-hydroxylation sites is 1. The fraction of sp³-hybridized carbons (Fsp3) is 0.190. The summed E-state index contributed by atoms with van der Waals surface area (Å²) in [5.74, 6) is 0.0422. The maximum atomic E-state index is 12.3. The average molecular weight is 391 g/mol. The molecule has 3 N–H and O–H groups in total. The zero-order valence-corrected chi connectivity index (χ0v) is 15.7. The Bertz CT molecular complexity index is 1050. The number of hydrogen-bond acceptors (Lipinski definition) is 5. The van der Waals surface area contributed by atoms with Gasteiger partial charge in [-0.1, -0.05) is 18.2 Å². The molecule has 0 aliphatic carbocycles. The summed E-state index contributed by atoms with van der Waals surface area (Å²) in [7, 11) is 0. The van der Waals surface area contributed by atoms with Crippen molar-refractivity contribution in [2.24, 2.45) is 5.73 Å². The first-order valence-electron chi connectivity index (χ1n) is 9.31. The number of aromatic amines is 1. The number of anilines is 1. The normalized spacial score (nSPS) is 14.5. The summed E-state index contributed by atoms with van der Waals surface area (Å²) in [6.45, 7) is 2.47. The number of pyridine rings is 1. The number of aromatic nitrogens is 2. The second-order valence-electron chi connectivity index (χ2n) is 6.72. The first kappa shape index (κ1) is 18.5. The molecule has 0 atom stereocenters. The van der Waals surface area contributed by atoms with Crippen LogP contribution in [0.2, 0.25) is 0 Å². The first-order chi connectivity index (χ1) is 14.1. The number of nitrogens with one attached hydrogen (secondary N) is 1. The molecule has 1 aliphatic rings. The SMILES string of the molecule is NC(=O)/C=C/c1c[nH]c2ncc(N3CCN(C(=O)Oc4ccccc4)CC3)cc12. The van der Waals surface area contributed by atoms with E-state index in [9.17, 15) is 9.59 Å². The minimum Gasteiger partial charge on any atom is -0.410 e. The van der Waals surface area contributed by atoms with Crippen molar-refractivity contribution in [2.45, 2.75) is 0 Å². The summed E-state index contributed by atoms with van der Waals surface area (Å²) in [6, 6.07) is 11.1. The standard InChI is InChI=1S/C21H21N5O3/c22-19(27)7-6-15-13-23-20-18(15)12-16(14-24-20)25-8-10-26(11-9-25)21(28)29-17-4-2-1-3-5-17/h1-7,12-14H,8-11H2,(H2,22,27)(H,23,24)/b7-6+. The Kier molecular flexibility index (Phi) is 5.15. The van der Waals surface area contributed by atoms with Crippen LogP contribution in [-0.2, 0) is 4.79 Å². The Labute approximate surface area is 167 Å². The van der Waals surface area contributed by atoms with Crippen LogP contribution < -0.4 is 15.4 Å². The third-order valence-corrected chi connectivity index (χ3v) is 4.83. The Morgan fingerprint density at radius 3 is 2.62 bits per heavy atom. The van der Waals surface area contributed by atoms with E-state index in [4.69, 9.17) is 10.5 Å². The number of carbonyl (C=O) groups is 2. The van der Waals surface area contributed by atoms with Gasteiger partial charge in [0.25, 0.3) is 0 Å². The number of amides is 2. The van der Waals surface area contributed by atoms with E-state index in [0.29, 0.717) is 31.9 Å². The second kappa shape index (κ2) is 8.05. The van der Waals surface area contributed by atoms with Crippen molar-refractivity contribution in [3.63, 3.8) is 0 Å². The lowest BCUT2D eigenvalue weighted by molar-refractivity contribution is -0.113. The molecule has 3 heterocycles. The molecule has 3 aromatic rings. The molecule has 148 valence electrons. The Morgan fingerprint density at radius 1 is 1.14 bits per heavy atom. The summed E-state index contributed by atoms with van der Waals surface area (Å²) < 4.78 is 5.41. The van der Waals surface area contributed by atoms with Crippen molar-refractivity contribution >= 4 is 34.8 Å². The van der Waals surface area contributed by atoms with Gasteiger partial charge in [-0.15, -0.1) is 0 Å². The number of nitrogens with zero attached hydrogens (tertiary/aromatic N) is 3. The number of fused-ring (bicyclic) bond motifs is 1. The number of nitrogens with two attached hydrogens (primary N) is 1. The smallest absolute Gasteiger partial charge is 0.410 e. The van der Waals surface area contributed by atoms with Gasteiger partial charge in [-0.2, -0.15) is 0 Å². The molecule has 29 heavy (non-hydrogen) atoms. The average Bonchev–Trinajstić information content (AvgIpc) is 3.15. The van der Waals surface area contributed by atoms with Gasteiger partial charge < -0.3 is 25.3 Å². The number of H-pyrrole nitrogens is 1. The summed E-state index contributed by atoms with van der Waals surface area (Å²) in [4.78, 5) is 34.8. The van der Waals surface area contributed by atoms with Gasteiger partial charge in [-0.3, -0.25) is 4.79 Å². The highest BCUT2D eigenvalue weighted by Gasteiger charge is 2.23. The molecule has 1 saturated heterocycles. The van der Waals surface area contributed by atoms with Gasteiger partial charge >= 0.3 is 6.09 Å². The molecule has 4 rings (SSSR count). The fourth-order valence-corrected chi connectivity index (χ4v) is 3.30. The molecule has 2 amide bonds. The van der Waals surface area contributed by atoms with Crippen LogP contribution in [0.1, 0.15) is 5.56 Å². The highest BCUT2D eigenvalue weighted by atomic mass is 16.6. The summed E-state index contributed by atoms with van der Waals surface area (Å²) >= 11 is 0. The van der Waals surface area contributed by atoms with E-state index in [-0.39, 0.29) is 6.09 Å². The van der Waals surface area contributed by atoms with Gasteiger partial charge in [0.1, 0.15) is 11.4 Å². The lowest BCUT2D eigenvalue weighted by Crippen LogP contribution is -2.49. The first-order valence-corrected chi connectivity index (χ1v) is 9.31. The van der Waals surface area contributed by atoms with Crippen LogP contribution >= 0.6 is 0 Å². The molecule has 8 nitrogen and oxygen atoms in total. The number of piperazine rings is 1. The van der Waals surface area contributed by atoms with E-state index < -0.39 is 5.91 Å². The molecule has 2 aromatic heterocycles. The van der Waals surface area contributed by atoms with Crippen LogP contribution in [0, 0.1) is 0 Å². The number of benzene rings is 1. The lowest BCUT2D eigenvalue weighted by Gasteiger charge is -2.35. The van der Waals surface area contributed by atoms with E-state index in [1.165, 1.54) is 6.08 Å². The lowest BCUT2D eigenvalue weighted by atomic mass is 10.2. The van der Waals surface area contributed by atoms with Gasteiger partial charge in [-0.25, -0.2) is 9.78 Å². The molecular weight excluding hydrogens is 370 g/mol. The number of hydrogen-bond donors (Lipinski definition) is 2. The van der Waals surface area contributed by atoms with Crippen LogP contribution in [0.25, 0.3) is 17.1 Å². The van der Waals surface area contributed by atoms with Crippen LogP contribution in [-0.4, -0.2) is 53.0 Å². The molecule has 1 aromatic carbocycles. The number of carbonyl (C=O) groups excluding carboxylic acids is 2. The molecule has 1 fully saturated rings. The van der Waals surface area contributed by atoms with Gasteiger partial charge in [0, 0.05) is 49.4 Å². The molecule has 0 unspecified atom stereocenters. The summed E-state index contributed by atoms with van der Waals surface area (Å²) in [6.07, 6.45) is 6.25. The van der Waals surface area contributed by atoms with E-state index >= 15 is 0 Å². The van der Waals surface area contributed by atoms with E-state index in [0.717, 1.165) is 22.3 Å². The van der Waals surface area contributed by atoms with Crippen LogP contribution in [0.15, 0.2) is 54.9 Å². The van der Waals surface area contributed by atoms with E-state index in [2.05, 4.69) is 14.9 Å². The van der Waals surface area contributed by atoms with Crippen LogP contribution in [0.5, 0.6) is 5.75 Å². The highest BCUT2D eigenvalue weighted by molar-refractivity contribution is 5.95. The van der Waals surface area contributed by atoms with E-state index in [1.807, 2.05) is 24.3 Å². The van der Waals surface area contributed by atoms with Gasteiger partial charge in [0.2, 0.25) is 5.91 Å². The summed E-state index contributed by atoms with van der Waals surface area (Å²) in [5, 5.41) is 0.908. The van der Waals surface area contributed by atoms with Gasteiger partial charge in [0.15, 0.2) is 0 Å². The number of rotatable bonds is 4. The van der Waals surface area contributed by atoms with Crippen molar-refractivity contribution < 1.29 is 14.3 Å². The number of ether oxygens (including phenoxy) is 1. The molecular formula is C21H21N5O3. The predicted molar refractivity (Wildman–Crippen MR) is 111 cm³/mol. The molecule has 8 heteroatoms. The summed E-state index contributed by atoms with van der Waals surface area (Å²) in [5.41, 5.74) is 7.73. The van der Waals surface area contributed by atoms with Crippen molar-refractivity contribution in [1.29, 1.82) is 0 Å². The van der Waals surface area contributed by atoms with Crippen molar-refractivity contribution in [3.05, 3.63) is 60.4 Å². The molecule has 0 radical (unpaired) electrons. The van der Waals surface area contributed by atoms with E-state index in [1.54, 1.807) is 35.5 Å². The monoisotopic (exact) mass is 391 g/mol. The quantitative estimate of drug-likeness (QED) is 0.665. The highest BCUT2D eigenvalue weighted by Crippen LogP contribution is 2.24. The number of primary amides is 1. The Balaban J connectivity index is 1.43. The van der Waals surface area contributed by atoms with Crippen LogP contribution in [0.3, 0.4) is 0 Å². The maximum Gasteiger partial charge on any atom is 0.415 e. The maximum absolute atomic E-state index is 12.3. The predicted octanol–water partition coefficient (Wildman–Crippen LogP) is 2.38. The molecule has 0 bridgehead atoms. The van der Waals surface area contributed by atoms with Gasteiger partial charge in [-0.05, 0) is 24.3 Å². The Morgan fingerprint density at radius 2 is 1.90 bits per heavy atom. The Hall–Kier alpha value is -3.81. The molecule has 0 saturated carbocycles. The van der Waals surface area contributed by atoms with Crippen molar-refractivity contribution in [3.8, 4) is 5.75 Å². The third kappa shape index (κ3) is 4.21. The largest absolute Gasteiger partial charge is 0.415 e. The third-order valence-electron chi connectivity index (χ3n) is 4.83. The zero-order chi connectivity index (χ0) is 20.2. The van der Waals surface area contributed by atoms with Crippen molar-refractivity contribution in [1.82, 2.24) is 14.9 Å². The molecule has 0 spiro atoms. The second-order valence-corrected chi connectivity index (χ2v) is 6.72. The van der Waals surface area contributed by atoms with Crippen molar-refractivity contribution in [2.75, 3.05) is 31.1 Å². The zero-order valence-electron chi connectivity index (χ0n) is 15.7. The fourth-order valence-electron chi connectivity index (χ4n) is 3.30. The topological polar surface area (TPSA) is 105 Å². The van der Waals surface area contributed by atoms with Crippen LogP contribution in [0.4, 0.5) is 10.5 Å². The van der Waals surface area contributed by atoms with Gasteiger partial charge in [0.05, 0.1) is 11.9 Å². The minimum absolute atomic E-state index is 0.339.